The third kappa shape index (κ3) is 4.50. The van der Waals surface area contributed by atoms with E-state index in [-0.39, 0.29) is 49.7 Å². The Kier molecular flexibility index (Phi) is 8.86. The van der Waals surface area contributed by atoms with Crippen LogP contribution in [0.3, 0.4) is 0 Å². The fourth-order valence-electron chi connectivity index (χ4n) is 2.35. The van der Waals surface area contributed by atoms with Crippen molar-refractivity contribution in [3.8, 4) is 0 Å². The number of fused-ring (bicyclic) bond motifs is 1. The molecule has 0 unspecified atom stereocenters. The summed E-state index contributed by atoms with van der Waals surface area (Å²) in [6.45, 7) is 4.30. The van der Waals surface area contributed by atoms with Gasteiger partial charge < -0.3 is 20.9 Å². The first kappa shape index (κ1) is 20.5. The molecule has 6 nitrogen and oxygen atoms in total. The number of anilines is 2. The van der Waals surface area contributed by atoms with Crippen molar-refractivity contribution in [2.75, 3.05) is 42.5 Å². The lowest BCUT2D eigenvalue weighted by Crippen LogP contribution is -2.48. The molecule has 3 N–H and O–H groups in total. The maximum absolute atomic E-state index is 12.2. The number of carbonyl (C=O) groups is 2. The standard InChI is InChI=1S/C14H20N4O2.2ClH/c1-2-17-7-8-18(12-6-4-3-5-11(12)17)14(20)10-16-13(19)9-15;;/h3-6H,2,7-10,15H2,1H3,(H,16,19);2*1H. The summed E-state index contributed by atoms with van der Waals surface area (Å²) >= 11 is 0. The molecule has 124 valence electrons. The normalized spacial score (nSPS) is 12.6. The SMILES string of the molecule is CCN1CCN(C(=O)CNC(=O)CN)c2ccccc21.Cl.Cl. The lowest BCUT2D eigenvalue weighted by Gasteiger charge is -2.37. The number of hydrogen-bond acceptors (Lipinski definition) is 4. The quantitative estimate of drug-likeness (QED) is 0.842. The summed E-state index contributed by atoms with van der Waals surface area (Å²) in [7, 11) is 0. The molecule has 1 aromatic rings. The maximum atomic E-state index is 12.2. The van der Waals surface area contributed by atoms with Gasteiger partial charge in [0, 0.05) is 19.6 Å². The number of carbonyl (C=O) groups excluding carboxylic acids is 2. The Morgan fingerprint density at radius 3 is 2.41 bits per heavy atom. The second-order valence-electron chi connectivity index (χ2n) is 4.59. The Labute approximate surface area is 142 Å². The molecule has 1 aliphatic rings. The van der Waals surface area contributed by atoms with Gasteiger partial charge in [-0.1, -0.05) is 12.1 Å². The molecule has 8 heteroatoms. The van der Waals surface area contributed by atoms with Gasteiger partial charge in [0.1, 0.15) is 0 Å². The van der Waals surface area contributed by atoms with Gasteiger partial charge in [-0.2, -0.15) is 0 Å². The molecule has 0 radical (unpaired) electrons. The van der Waals surface area contributed by atoms with E-state index in [1.807, 2.05) is 24.3 Å². The molecule has 0 saturated carbocycles. The molecule has 1 aromatic carbocycles. The molecular weight excluding hydrogens is 327 g/mol. The number of likely N-dealkylation sites (N-methyl/N-ethyl adjacent to an activating group) is 1. The number of benzene rings is 1. The molecular formula is C14H22Cl2N4O2. The molecule has 0 saturated heterocycles. The third-order valence-electron chi connectivity index (χ3n) is 3.41. The monoisotopic (exact) mass is 348 g/mol. The minimum absolute atomic E-state index is 0. The van der Waals surface area contributed by atoms with Crippen molar-refractivity contribution in [2.45, 2.75) is 6.92 Å². The molecule has 0 spiro atoms. The van der Waals surface area contributed by atoms with Gasteiger partial charge in [-0.15, -0.1) is 24.8 Å². The van der Waals surface area contributed by atoms with Crippen LogP contribution in [0, 0.1) is 0 Å². The van der Waals surface area contributed by atoms with Crippen LogP contribution in [0.2, 0.25) is 0 Å². The summed E-state index contributed by atoms with van der Waals surface area (Å²) in [5, 5.41) is 2.52. The van der Waals surface area contributed by atoms with Gasteiger partial charge in [-0.05, 0) is 19.1 Å². The first-order valence-electron chi connectivity index (χ1n) is 6.78. The van der Waals surface area contributed by atoms with Crippen molar-refractivity contribution in [2.24, 2.45) is 5.73 Å². The average molecular weight is 349 g/mol. The van der Waals surface area contributed by atoms with Crippen LogP contribution in [0.5, 0.6) is 0 Å². The summed E-state index contributed by atoms with van der Waals surface area (Å²) < 4.78 is 0. The van der Waals surface area contributed by atoms with E-state index in [0.29, 0.717) is 6.54 Å². The second-order valence-corrected chi connectivity index (χ2v) is 4.59. The molecule has 2 rings (SSSR count). The van der Waals surface area contributed by atoms with Crippen molar-refractivity contribution in [3.63, 3.8) is 0 Å². The lowest BCUT2D eigenvalue weighted by molar-refractivity contribution is -0.124. The summed E-state index contributed by atoms with van der Waals surface area (Å²) in [5.41, 5.74) is 7.16. The zero-order chi connectivity index (χ0) is 14.5. The van der Waals surface area contributed by atoms with Crippen molar-refractivity contribution < 1.29 is 9.59 Å². The summed E-state index contributed by atoms with van der Waals surface area (Å²) in [6.07, 6.45) is 0. The number of hydrogen-bond donors (Lipinski definition) is 2. The fourth-order valence-corrected chi connectivity index (χ4v) is 2.35. The van der Waals surface area contributed by atoms with Crippen LogP contribution in [0.15, 0.2) is 24.3 Å². The minimum atomic E-state index is -0.321. The Morgan fingerprint density at radius 1 is 1.18 bits per heavy atom. The summed E-state index contributed by atoms with van der Waals surface area (Å²) in [6, 6.07) is 7.82. The van der Waals surface area contributed by atoms with Crippen molar-refractivity contribution in [1.29, 1.82) is 0 Å². The van der Waals surface area contributed by atoms with Crippen LogP contribution in [0.4, 0.5) is 11.4 Å². The van der Waals surface area contributed by atoms with E-state index in [2.05, 4.69) is 17.1 Å². The zero-order valence-corrected chi connectivity index (χ0v) is 14.1. The predicted octanol–water partition coefficient (Wildman–Crippen LogP) is 0.778. The molecule has 0 aromatic heterocycles. The van der Waals surface area contributed by atoms with Crippen molar-refractivity contribution in [3.05, 3.63) is 24.3 Å². The Balaban J connectivity index is 0.00000220. The van der Waals surface area contributed by atoms with E-state index in [4.69, 9.17) is 5.73 Å². The number of para-hydroxylation sites is 2. The van der Waals surface area contributed by atoms with Gasteiger partial charge in [0.15, 0.2) is 0 Å². The topological polar surface area (TPSA) is 78.7 Å². The fraction of sp³-hybridized carbons (Fsp3) is 0.429. The Morgan fingerprint density at radius 2 is 1.82 bits per heavy atom. The smallest absolute Gasteiger partial charge is 0.246 e. The predicted molar refractivity (Wildman–Crippen MR) is 93.2 cm³/mol. The summed E-state index contributed by atoms with van der Waals surface area (Å²) in [4.78, 5) is 27.3. The van der Waals surface area contributed by atoms with Crippen molar-refractivity contribution in [1.82, 2.24) is 5.32 Å². The van der Waals surface area contributed by atoms with E-state index in [9.17, 15) is 9.59 Å². The van der Waals surface area contributed by atoms with Gasteiger partial charge in [-0.3, -0.25) is 9.59 Å². The molecule has 0 aliphatic carbocycles. The number of rotatable bonds is 4. The van der Waals surface area contributed by atoms with Crippen LogP contribution in [0.1, 0.15) is 6.92 Å². The van der Waals surface area contributed by atoms with Crippen molar-refractivity contribution >= 4 is 48.0 Å². The number of halogens is 2. The first-order valence-corrected chi connectivity index (χ1v) is 6.78. The number of nitrogens with one attached hydrogen (secondary N) is 1. The summed E-state index contributed by atoms with van der Waals surface area (Å²) in [5.74, 6) is -0.436. The largest absolute Gasteiger partial charge is 0.368 e. The Bertz CT molecular complexity index is 513. The zero-order valence-electron chi connectivity index (χ0n) is 12.4. The van der Waals surface area contributed by atoms with Gasteiger partial charge in [0.2, 0.25) is 11.8 Å². The van der Waals surface area contributed by atoms with Crippen LogP contribution in [-0.2, 0) is 9.59 Å². The first-order chi connectivity index (χ1) is 9.67. The van der Waals surface area contributed by atoms with E-state index in [1.165, 1.54) is 0 Å². The van der Waals surface area contributed by atoms with E-state index < -0.39 is 0 Å². The number of amides is 2. The van der Waals surface area contributed by atoms with Gasteiger partial charge in [0.05, 0.1) is 24.5 Å². The van der Waals surface area contributed by atoms with Crippen LogP contribution in [-0.4, -0.2) is 44.5 Å². The third-order valence-corrected chi connectivity index (χ3v) is 3.41. The van der Waals surface area contributed by atoms with Gasteiger partial charge in [-0.25, -0.2) is 0 Å². The van der Waals surface area contributed by atoms with E-state index >= 15 is 0 Å². The molecule has 0 fully saturated rings. The molecule has 1 aliphatic heterocycles. The Hall–Kier alpha value is -1.50. The molecule has 0 atom stereocenters. The highest BCUT2D eigenvalue weighted by Gasteiger charge is 2.25. The molecule has 22 heavy (non-hydrogen) atoms. The number of nitrogens with zero attached hydrogens (tertiary/aromatic N) is 2. The van der Waals surface area contributed by atoms with Crippen LogP contribution in [0.25, 0.3) is 0 Å². The van der Waals surface area contributed by atoms with Crippen LogP contribution < -0.4 is 20.9 Å². The molecule has 0 bridgehead atoms. The average Bonchev–Trinajstić information content (AvgIpc) is 2.51. The second kappa shape index (κ2) is 9.50. The van der Waals surface area contributed by atoms with Gasteiger partial charge >= 0.3 is 0 Å². The number of nitrogens with two attached hydrogens (primary N) is 1. The molecule has 2 amide bonds. The minimum Gasteiger partial charge on any atom is -0.368 e. The maximum Gasteiger partial charge on any atom is 0.246 e. The van der Waals surface area contributed by atoms with E-state index in [1.54, 1.807) is 4.90 Å². The molecule has 1 heterocycles. The van der Waals surface area contributed by atoms with Gasteiger partial charge in [0.25, 0.3) is 0 Å². The highest BCUT2D eigenvalue weighted by Crippen LogP contribution is 2.32. The van der Waals surface area contributed by atoms with E-state index in [0.717, 1.165) is 24.5 Å². The lowest BCUT2D eigenvalue weighted by atomic mass is 10.1. The highest BCUT2D eigenvalue weighted by molar-refractivity contribution is 6.00. The highest BCUT2D eigenvalue weighted by atomic mass is 35.5. The van der Waals surface area contributed by atoms with Crippen LogP contribution >= 0.6 is 24.8 Å².